The van der Waals surface area contributed by atoms with Crippen molar-refractivity contribution in [3.05, 3.63) is 0 Å². The topological polar surface area (TPSA) is 44.4 Å². The number of carbonyl (C=O) groups is 1. The smallest absolute Gasteiger partial charge is 0.352 e. The van der Waals surface area contributed by atoms with E-state index in [1.807, 2.05) is 7.05 Å². The Labute approximate surface area is 98.5 Å². The van der Waals surface area contributed by atoms with Crippen LogP contribution in [-0.4, -0.2) is 56.3 Å². The Hall–Kier alpha value is -0.820. The SMILES string of the molecule is CN1CCC(NC(=O)CNCC(F)(F)F)CC1. The van der Waals surface area contributed by atoms with E-state index in [2.05, 4.69) is 15.5 Å². The third-order valence-corrected chi connectivity index (χ3v) is 2.69. The van der Waals surface area contributed by atoms with Crippen LogP contribution in [-0.2, 0) is 4.79 Å². The Balaban J connectivity index is 2.13. The monoisotopic (exact) mass is 253 g/mol. The number of halogens is 3. The summed E-state index contributed by atoms with van der Waals surface area (Å²) in [6, 6.07) is 0.0892. The van der Waals surface area contributed by atoms with Crippen molar-refractivity contribution in [2.45, 2.75) is 25.1 Å². The first-order chi connectivity index (χ1) is 7.87. The van der Waals surface area contributed by atoms with Gasteiger partial charge in [-0.05, 0) is 33.0 Å². The van der Waals surface area contributed by atoms with Crippen LogP contribution < -0.4 is 10.6 Å². The molecule has 0 saturated carbocycles. The fourth-order valence-corrected chi connectivity index (χ4v) is 1.75. The summed E-state index contributed by atoms with van der Waals surface area (Å²) in [5.41, 5.74) is 0. The first-order valence-electron chi connectivity index (χ1n) is 5.62. The van der Waals surface area contributed by atoms with Crippen molar-refractivity contribution in [1.29, 1.82) is 0 Å². The lowest BCUT2D eigenvalue weighted by Crippen LogP contribution is -2.46. The standard InChI is InChI=1S/C10H18F3N3O/c1-16-4-2-8(3-5-16)15-9(17)6-14-7-10(11,12)13/h8,14H,2-7H2,1H3,(H,15,17). The van der Waals surface area contributed by atoms with Crippen LogP contribution in [0.3, 0.4) is 0 Å². The Morgan fingerprint density at radius 3 is 2.47 bits per heavy atom. The Bertz CT molecular complexity index is 250. The minimum atomic E-state index is -4.27. The number of amides is 1. The van der Waals surface area contributed by atoms with E-state index in [1.54, 1.807) is 0 Å². The summed E-state index contributed by atoms with van der Waals surface area (Å²) in [7, 11) is 2.00. The van der Waals surface area contributed by atoms with Gasteiger partial charge < -0.3 is 15.5 Å². The average molecular weight is 253 g/mol. The number of nitrogens with zero attached hydrogens (tertiary/aromatic N) is 1. The van der Waals surface area contributed by atoms with Gasteiger partial charge in [0, 0.05) is 6.04 Å². The molecular formula is C10H18F3N3O. The van der Waals surface area contributed by atoms with E-state index >= 15 is 0 Å². The molecule has 1 amide bonds. The minimum absolute atomic E-state index is 0.0892. The quantitative estimate of drug-likeness (QED) is 0.760. The fraction of sp³-hybridized carbons (Fsp3) is 0.900. The van der Waals surface area contributed by atoms with E-state index in [-0.39, 0.29) is 18.5 Å². The molecule has 0 aromatic carbocycles. The number of hydrogen-bond donors (Lipinski definition) is 2. The molecule has 0 radical (unpaired) electrons. The summed E-state index contributed by atoms with van der Waals surface area (Å²) in [6.45, 7) is 0.390. The second-order valence-corrected chi connectivity index (χ2v) is 4.36. The molecule has 0 atom stereocenters. The van der Waals surface area contributed by atoms with Crippen LogP contribution in [0.5, 0.6) is 0 Å². The predicted octanol–water partition coefficient (Wildman–Crippen LogP) is 0.349. The summed E-state index contributed by atoms with van der Waals surface area (Å²) in [5, 5.41) is 4.81. The molecule has 0 aromatic rings. The maximum atomic E-state index is 11.8. The minimum Gasteiger partial charge on any atom is -0.352 e. The third-order valence-electron chi connectivity index (χ3n) is 2.69. The highest BCUT2D eigenvalue weighted by molar-refractivity contribution is 5.78. The molecular weight excluding hydrogens is 235 g/mol. The number of nitrogens with one attached hydrogen (secondary N) is 2. The van der Waals surface area contributed by atoms with Crippen molar-refractivity contribution in [2.24, 2.45) is 0 Å². The number of likely N-dealkylation sites (tertiary alicyclic amines) is 1. The Morgan fingerprint density at radius 2 is 1.94 bits per heavy atom. The first-order valence-corrected chi connectivity index (χ1v) is 5.62. The molecule has 0 unspecified atom stereocenters. The highest BCUT2D eigenvalue weighted by atomic mass is 19.4. The van der Waals surface area contributed by atoms with Gasteiger partial charge in [-0.1, -0.05) is 0 Å². The van der Waals surface area contributed by atoms with Gasteiger partial charge in [-0.3, -0.25) is 4.79 Å². The van der Waals surface area contributed by atoms with Gasteiger partial charge in [0.15, 0.2) is 0 Å². The van der Waals surface area contributed by atoms with Crippen molar-refractivity contribution in [3.8, 4) is 0 Å². The molecule has 1 fully saturated rings. The summed E-state index contributed by atoms with van der Waals surface area (Å²) >= 11 is 0. The van der Waals surface area contributed by atoms with Crippen LogP contribution in [0.2, 0.25) is 0 Å². The van der Waals surface area contributed by atoms with Crippen LogP contribution in [0.25, 0.3) is 0 Å². The number of hydrogen-bond acceptors (Lipinski definition) is 3. The summed E-state index contributed by atoms with van der Waals surface area (Å²) in [6.07, 6.45) is -2.57. The maximum Gasteiger partial charge on any atom is 0.401 e. The van der Waals surface area contributed by atoms with E-state index in [9.17, 15) is 18.0 Å². The summed E-state index contributed by atoms with van der Waals surface area (Å²) in [5.74, 6) is -0.371. The highest BCUT2D eigenvalue weighted by Gasteiger charge is 2.26. The predicted molar refractivity (Wildman–Crippen MR) is 57.6 cm³/mol. The zero-order chi connectivity index (χ0) is 12.9. The van der Waals surface area contributed by atoms with Gasteiger partial charge in [-0.15, -0.1) is 0 Å². The normalized spacial score (nSPS) is 19.3. The van der Waals surface area contributed by atoms with Crippen LogP contribution in [0.1, 0.15) is 12.8 Å². The molecule has 1 aliphatic rings. The van der Waals surface area contributed by atoms with Gasteiger partial charge in [-0.25, -0.2) is 0 Å². The maximum absolute atomic E-state index is 11.8. The molecule has 0 aromatic heterocycles. The van der Waals surface area contributed by atoms with E-state index in [0.29, 0.717) is 0 Å². The van der Waals surface area contributed by atoms with Gasteiger partial charge in [0.2, 0.25) is 5.91 Å². The van der Waals surface area contributed by atoms with E-state index in [0.717, 1.165) is 25.9 Å². The van der Waals surface area contributed by atoms with E-state index in [4.69, 9.17) is 0 Å². The van der Waals surface area contributed by atoms with Crippen molar-refractivity contribution >= 4 is 5.91 Å². The molecule has 1 aliphatic heterocycles. The Morgan fingerprint density at radius 1 is 1.35 bits per heavy atom. The lowest BCUT2D eigenvalue weighted by Gasteiger charge is -2.29. The van der Waals surface area contributed by atoms with Crippen molar-refractivity contribution < 1.29 is 18.0 Å². The largest absolute Gasteiger partial charge is 0.401 e. The molecule has 17 heavy (non-hydrogen) atoms. The lowest BCUT2D eigenvalue weighted by molar-refractivity contribution is -0.128. The van der Waals surface area contributed by atoms with Crippen molar-refractivity contribution in [2.75, 3.05) is 33.2 Å². The molecule has 100 valence electrons. The van der Waals surface area contributed by atoms with Crippen molar-refractivity contribution in [1.82, 2.24) is 15.5 Å². The number of rotatable bonds is 4. The van der Waals surface area contributed by atoms with E-state index < -0.39 is 12.7 Å². The summed E-state index contributed by atoms with van der Waals surface area (Å²) in [4.78, 5) is 13.5. The molecule has 0 bridgehead atoms. The number of piperidine rings is 1. The molecule has 7 heteroatoms. The molecule has 2 N–H and O–H groups in total. The fourth-order valence-electron chi connectivity index (χ4n) is 1.75. The second kappa shape index (κ2) is 6.20. The van der Waals surface area contributed by atoms with Crippen LogP contribution in [0.15, 0.2) is 0 Å². The highest BCUT2D eigenvalue weighted by Crippen LogP contribution is 2.12. The molecule has 4 nitrogen and oxygen atoms in total. The molecule has 1 rings (SSSR count). The van der Waals surface area contributed by atoms with Crippen molar-refractivity contribution in [3.63, 3.8) is 0 Å². The second-order valence-electron chi connectivity index (χ2n) is 4.36. The van der Waals surface area contributed by atoms with Gasteiger partial charge in [0.05, 0.1) is 13.1 Å². The molecule has 1 heterocycles. The lowest BCUT2D eigenvalue weighted by atomic mass is 10.1. The van der Waals surface area contributed by atoms with Crippen LogP contribution in [0, 0.1) is 0 Å². The number of carbonyl (C=O) groups excluding carboxylic acids is 1. The summed E-state index contributed by atoms with van der Waals surface area (Å²) < 4.78 is 35.4. The molecule has 0 spiro atoms. The zero-order valence-electron chi connectivity index (χ0n) is 9.81. The van der Waals surface area contributed by atoms with Crippen LogP contribution >= 0.6 is 0 Å². The van der Waals surface area contributed by atoms with Crippen LogP contribution in [0.4, 0.5) is 13.2 Å². The van der Waals surface area contributed by atoms with Gasteiger partial charge in [0.1, 0.15) is 0 Å². The molecule has 0 aliphatic carbocycles. The Kier molecular flexibility index (Phi) is 5.20. The third kappa shape index (κ3) is 6.48. The van der Waals surface area contributed by atoms with E-state index in [1.165, 1.54) is 0 Å². The average Bonchev–Trinajstić information content (AvgIpc) is 2.19. The zero-order valence-corrected chi connectivity index (χ0v) is 9.81. The first kappa shape index (κ1) is 14.2. The van der Waals surface area contributed by atoms with Gasteiger partial charge in [0.25, 0.3) is 0 Å². The molecule has 1 saturated heterocycles. The van der Waals surface area contributed by atoms with Gasteiger partial charge >= 0.3 is 6.18 Å². The number of alkyl halides is 3. The van der Waals surface area contributed by atoms with Gasteiger partial charge in [-0.2, -0.15) is 13.2 Å².